The van der Waals surface area contributed by atoms with Crippen LogP contribution in [-0.2, 0) is 23.1 Å². The van der Waals surface area contributed by atoms with Gasteiger partial charge in [-0.05, 0) is 74.0 Å². The first kappa shape index (κ1) is 26.1. The fraction of sp³-hybridized carbons (Fsp3) is 0.400. The predicted molar refractivity (Wildman–Crippen MR) is 157 cm³/mol. The minimum atomic E-state index is -1.11. The zero-order chi connectivity index (χ0) is 28.4. The Bertz CT molecular complexity index is 1580. The average Bonchev–Trinajstić information content (AvgIpc) is 3.31. The first-order valence-corrected chi connectivity index (χ1v) is 14.7. The van der Waals surface area contributed by atoms with Crippen LogP contribution in [0.2, 0.25) is 0 Å². The number of nitrogens with zero attached hydrogens (tertiary/aromatic N) is 2. The third kappa shape index (κ3) is 3.98. The molecule has 1 spiro atoms. The molecule has 1 amide bonds. The van der Waals surface area contributed by atoms with Crippen molar-refractivity contribution < 1.29 is 19.7 Å². The number of ether oxygens (including phenoxy) is 1. The molecule has 3 aromatic carbocycles. The molecule has 1 saturated carbocycles. The Hall–Kier alpha value is -3.79. The number of carbonyl (C=O) groups excluding carboxylic acids is 1. The molecule has 0 aromatic heterocycles. The maximum atomic E-state index is 13.3. The Morgan fingerprint density at radius 3 is 2.78 bits per heavy atom. The van der Waals surface area contributed by atoms with Crippen LogP contribution in [-0.4, -0.2) is 69.8 Å². The summed E-state index contributed by atoms with van der Waals surface area (Å²) in [6, 6.07) is 21.7. The highest BCUT2D eigenvalue weighted by Gasteiger charge is 2.72. The number of carbonyl (C=O) groups is 1. The molecular formula is C35H36N2O4. The molecule has 210 valence electrons. The van der Waals surface area contributed by atoms with Crippen molar-refractivity contribution in [2.75, 3.05) is 20.1 Å². The van der Waals surface area contributed by atoms with Gasteiger partial charge in [0.15, 0.2) is 11.5 Å². The van der Waals surface area contributed by atoms with Crippen LogP contribution in [0.3, 0.4) is 0 Å². The molecule has 5 atom stereocenters. The fourth-order valence-electron chi connectivity index (χ4n) is 8.21. The Labute approximate surface area is 241 Å². The second-order valence-electron chi connectivity index (χ2n) is 12.3. The summed E-state index contributed by atoms with van der Waals surface area (Å²) in [6.07, 6.45) is 3.05. The lowest BCUT2D eigenvalue weighted by Crippen LogP contribution is -2.77. The Morgan fingerprint density at radius 1 is 1.15 bits per heavy atom. The lowest BCUT2D eigenvalue weighted by atomic mass is 9.48. The number of benzene rings is 3. The quantitative estimate of drug-likeness (QED) is 0.483. The van der Waals surface area contributed by atoms with Crippen LogP contribution < -0.4 is 4.74 Å². The van der Waals surface area contributed by atoms with Crippen molar-refractivity contribution in [2.45, 2.75) is 68.2 Å². The number of aryl methyl sites for hydroxylation is 1. The maximum Gasteiger partial charge on any atom is 0.298 e. The molecule has 0 radical (unpaired) electrons. The number of aliphatic hydroxyl groups is 1. The van der Waals surface area contributed by atoms with E-state index >= 15 is 0 Å². The maximum absolute atomic E-state index is 13.3. The summed E-state index contributed by atoms with van der Waals surface area (Å²) >= 11 is 0. The minimum Gasteiger partial charge on any atom is -0.504 e. The number of amides is 1. The summed E-state index contributed by atoms with van der Waals surface area (Å²) in [6.45, 7) is 3.71. The number of aromatic hydroxyl groups is 1. The first-order chi connectivity index (χ1) is 19.8. The van der Waals surface area contributed by atoms with E-state index in [1.54, 1.807) is 18.0 Å². The molecule has 1 saturated heterocycles. The first-order valence-electron chi connectivity index (χ1n) is 14.7. The van der Waals surface area contributed by atoms with Gasteiger partial charge >= 0.3 is 0 Å². The molecule has 2 fully saturated rings. The number of phenolic OH excluding ortho intramolecular Hbond substituents is 1. The van der Waals surface area contributed by atoms with Crippen molar-refractivity contribution in [1.82, 2.24) is 9.80 Å². The summed E-state index contributed by atoms with van der Waals surface area (Å²) in [5.74, 6) is 6.23. The van der Waals surface area contributed by atoms with Gasteiger partial charge in [0, 0.05) is 49.1 Å². The highest BCUT2D eigenvalue weighted by molar-refractivity contribution is 5.94. The molecule has 41 heavy (non-hydrogen) atoms. The van der Waals surface area contributed by atoms with Gasteiger partial charge in [-0.15, -0.1) is 0 Å². The van der Waals surface area contributed by atoms with Crippen LogP contribution in [0.25, 0.3) is 0 Å². The van der Waals surface area contributed by atoms with Crippen LogP contribution in [0.5, 0.6) is 11.5 Å². The van der Waals surface area contributed by atoms with Crippen LogP contribution >= 0.6 is 0 Å². The SMILES string of the molecule is Cc1cccc(C#CC(=O)N(C)[C@@H]2C[C@@H]3Oc4c(O)ccc5c4[C@@]34CCN(CCc3ccccc3)[C@H](C5)[C@]4(O)C2)c1. The van der Waals surface area contributed by atoms with Crippen LogP contribution in [0.4, 0.5) is 0 Å². The third-order valence-electron chi connectivity index (χ3n) is 10.2. The van der Waals surface area contributed by atoms with Crippen molar-refractivity contribution in [1.29, 1.82) is 0 Å². The molecule has 7 rings (SSSR count). The van der Waals surface area contributed by atoms with Crippen molar-refractivity contribution in [3.8, 4) is 23.3 Å². The second-order valence-corrected chi connectivity index (χ2v) is 12.3. The lowest BCUT2D eigenvalue weighted by molar-refractivity contribution is -0.197. The molecule has 2 heterocycles. The highest BCUT2D eigenvalue weighted by atomic mass is 16.5. The summed E-state index contributed by atoms with van der Waals surface area (Å²) in [7, 11) is 1.79. The van der Waals surface area contributed by atoms with Crippen molar-refractivity contribution in [2.24, 2.45) is 0 Å². The number of likely N-dealkylation sites (tertiary alicyclic amines) is 1. The molecule has 2 aliphatic heterocycles. The molecule has 6 nitrogen and oxygen atoms in total. The van der Waals surface area contributed by atoms with Crippen molar-refractivity contribution in [3.63, 3.8) is 0 Å². The van der Waals surface area contributed by atoms with Crippen molar-refractivity contribution in [3.05, 3.63) is 94.5 Å². The molecule has 4 aliphatic rings. The van der Waals surface area contributed by atoms with Gasteiger partial charge in [-0.3, -0.25) is 9.69 Å². The third-order valence-corrected chi connectivity index (χ3v) is 10.2. The molecule has 3 aromatic rings. The van der Waals surface area contributed by atoms with Crippen molar-refractivity contribution >= 4 is 5.91 Å². The largest absolute Gasteiger partial charge is 0.504 e. The topological polar surface area (TPSA) is 73.2 Å². The number of hydrogen-bond acceptors (Lipinski definition) is 5. The van der Waals surface area contributed by atoms with Gasteiger partial charge in [0.25, 0.3) is 5.91 Å². The van der Waals surface area contributed by atoms with E-state index in [4.69, 9.17) is 4.74 Å². The van der Waals surface area contributed by atoms with Gasteiger partial charge in [-0.1, -0.05) is 54.5 Å². The van der Waals surface area contributed by atoms with Crippen LogP contribution in [0.1, 0.15) is 47.1 Å². The zero-order valence-electron chi connectivity index (χ0n) is 23.6. The van der Waals surface area contributed by atoms with E-state index < -0.39 is 11.0 Å². The van der Waals surface area contributed by atoms with Gasteiger partial charge in [0.1, 0.15) is 6.10 Å². The number of rotatable bonds is 4. The molecular weight excluding hydrogens is 512 g/mol. The van der Waals surface area contributed by atoms with Gasteiger partial charge in [0.05, 0.1) is 11.0 Å². The van der Waals surface area contributed by atoms with E-state index in [0.717, 1.165) is 48.2 Å². The summed E-state index contributed by atoms with van der Waals surface area (Å²) in [4.78, 5) is 17.5. The van der Waals surface area contributed by atoms with Crippen LogP contribution in [0.15, 0.2) is 66.7 Å². The van der Waals surface area contributed by atoms with E-state index in [0.29, 0.717) is 25.0 Å². The highest BCUT2D eigenvalue weighted by Crippen LogP contribution is 2.65. The molecule has 2 aliphatic carbocycles. The summed E-state index contributed by atoms with van der Waals surface area (Å²) in [5, 5.41) is 23.7. The molecule has 2 bridgehead atoms. The van der Waals surface area contributed by atoms with Gasteiger partial charge in [-0.2, -0.15) is 0 Å². The van der Waals surface area contributed by atoms with E-state index in [9.17, 15) is 15.0 Å². The number of piperidine rings is 1. The minimum absolute atomic E-state index is 0.112. The van der Waals surface area contributed by atoms with Crippen LogP contribution in [0, 0.1) is 18.8 Å². The fourth-order valence-corrected chi connectivity index (χ4v) is 8.21. The summed E-state index contributed by atoms with van der Waals surface area (Å²) in [5.41, 5.74) is 3.63. The van der Waals surface area contributed by atoms with E-state index in [2.05, 4.69) is 41.0 Å². The second kappa shape index (κ2) is 9.65. The monoisotopic (exact) mass is 548 g/mol. The van der Waals surface area contributed by atoms with Gasteiger partial charge in [0.2, 0.25) is 0 Å². The standard InChI is InChI=1S/C35H36N2O4/c1-23-7-6-10-25(19-23)11-14-31(39)36(2)27-21-30-34-16-18-37(17-15-24-8-4-3-5-9-24)29(35(34,40)22-27)20-26-12-13-28(38)33(41-30)32(26)34/h3-10,12-13,19,27,29-30,38,40H,15-18,20-22H2,1-2H3/t27-,29-,30+,34-,35-/m1/s1. The lowest BCUT2D eigenvalue weighted by Gasteiger charge is -2.64. The van der Waals surface area contributed by atoms with E-state index in [1.807, 2.05) is 43.3 Å². The molecule has 0 unspecified atom stereocenters. The molecule has 6 heteroatoms. The number of hydrogen-bond donors (Lipinski definition) is 2. The predicted octanol–water partition coefficient (Wildman–Crippen LogP) is 3.98. The smallest absolute Gasteiger partial charge is 0.298 e. The van der Waals surface area contributed by atoms with Gasteiger partial charge < -0.3 is 19.8 Å². The Kier molecular flexibility index (Phi) is 6.15. The van der Waals surface area contributed by atoms with E-state index in [1.165, 1.54) is 5.56 Å². The average molecular weight is 549 g/mol. The van der Waals surface area contributed by atoms with E-state index in [-0.39, 0.29) is 29.8 Å². The molecule has 2 N–H and O–H groups in total. The zero-order valence-corrected chi connectivity index (χ0v) is 23.6. The Balaban J connectivity index is 1.22. The summed E-state index contributed by atoms with van der Waals surface area (Å²) < 4.78 is 6.54. The normalized spacial score (nSPS) is 29.1. The Morgan fingerprint density at radius 2 is 1.98 bits per heavy atom. The van der Waals surface area contributed by atoms with Gasteiger partial charge in [-0.25, -0.2) is 0 Å². The number of phenols is 1.